The Morgan fingerprint density at radius 1 is 1.25 bits per heavy atom. The highest BCUT2D eigenvalue weighted by Gasteiger charge is 2.46. The molecule has 2 nitrogen and oxygen atoms in total. The zero-order valence-corrected chi connectivity index (χ0v) is 10.9. The molecule has 2 unspecified atom stereocenters. The predicted molar refractivity (Wildman–Crippen MR) is 67.5 cm³/mol. The zero-order valence-electron chi connectivity index (χ0n) is 10.9. The van der Waals surface area contributed by atoms with Crippen molar-refractivity contribution >= 4 is 0 Å². The smallest absolute Gasteiger partial charge is 0.0817 e. The largest absolute Gasteiger partial charge is 0.388 e. The van der Waals surface area contributed by atoms with Crippen LogP contribution in [0.15, 0.2) is 0 Å². The van der Waals surface area contributed by atoms with E-state index >= 15 is 0 Å². The minimum Gasteiger partial charge on any atom is -0.388 e. The van der Waals surface area contributed by atoms with Crippen molar-refractivity contribution in [2.24, 2.45) is 5.92 Å². The fourth-order valence-electron chi connectivity index (χ4n) is 3.69. The second-order valence-electron chi connectivity index (χ2n) is 5.79. The topological polar surface area (TPSA) is 23.5 Å². The number of rotatable bonds is 4. The molecular formula is C14H27NO. The van der Waals surface area contributed by atoms with Crippen LogP contribution in [-0.2, 0) is 0 Å². The van der Waals surface area contributed by atoms with E-state index in [-0.39, 0.29) is 5.60 Å². The normalized spacial score (nSPS) is 35.6. The van der Waals surface area contributed by atoms with Crippen LogP contribution in [-0.4, -0.2) is 34.7 Å². The van der Waals surface area contributed by atoms with Crippen LogP contribution in [0.3, 0.4) is 0 Å². The van der Waals surface area contributed by atoms with Crippen molar-refractivity contribution in [1.82, 2.24) is 4.90 Å². The van der Waals surface area contributed by atoms with E-state index in [2.05, 4.69) is 18.7 Å². The molecular weight excluding hydrogens is 198 g/mol. The second kappa shape index (κ2) is 5.05. The summed E-state index contributed by atoms with van der Waals surface area (Å²) >= 11 is 0. The molecule has 16 heavy (non-hydrogen) atoms. The molecule has 0 aromatic carbocycles. The first-order valence-corrected chi connectivity index (χ1v) is 7.16. The number of fused-ring (bicyclic) bond motifs is 1. The monoisotopic (exact) mass is 225 g/mol. The van der Waals surface area contributed by atoms with Crippen molar-refractivity contribution in [3.8, 4) is 0 Å². The molecule has 0 aromatic heterocycles. The minimum absolute atomic E-state index is 0.364. The van der Waals surface area contributed by atoms with Crippen LogP contribution < -0.4 is 0 Å². The molecule has 94 valence electrons. The summed E-state index contributed by atoms with van der Waals surface area (Å²) in [6.07, 6.45) is 8.33. The van der Waals surface area contributed by atoms with Gasteiger partial charge in [0.1, 0.15) is 0 Å². The molecule has 0 radical (unpaired) electrons. The maximum absolute atomic E-state index is 10.9. The van der Waals surface area contributed by atoms with Crippen molar-refractivity contribution in [3.63, 3.8) is 0 Å². The van der Waals surface area contributed by atoms with E-state index < -0.39 is 0 Å². The van der Waals surface area contributed by atoms with Crippen LogP contribution in [0.1, 0.15) is 58.8 Å². The van der Waals surface area contributed by atoms with Gasteiger partial charge in [-0.1, -0.05) is 33.1 Å². The predicted octanol–water partition coefficient (Wildman–Crippen LogP) is 2.80. The van der Waals surface area contributed by atoms with Gasteiger partial charge in [0.25, 0.3) is 0 Å². The van der Waals surface area contributed by atoms with E-state index in [0.717, 1.165) is 19.4 Å². The first kappa shape index (κ1) is 12.4. The molecule has 2 fully saturated rings. The molecule has 0 saturated carbocycles. The summed E-state index contributed by atoms with van der Waals surface area (Å²) < 4.78 is 0. The summed E-state index contributed by atoms with van der Waals surface area (Å²) in [5.74, 6) is 0.715. The third-order valence-corrected chi connectivity index (χ3v) is 4.86. The standard InChI is InChI=1S/C14H27NO/c1-3-12(4-2)11-14(16)8-10-15-9-6-5-7-13(14)15/h12-13,16H,3-11H2,1-2H3. The number of hydrogen-bond acceptors (Lipinski definition) is 2. The third kappa shape index (κ3) is 2.28. The summed E-state index contributed by atoms with van der Waals surface area (Å²) in [5.41, 5.74) is -0.364. The molecule has 2 heterocycles. The Morgan fingerprint density at radius 2 is 2.00 bits per heavy atom. The molecule has 2 saturated heterocycles. The van der Waals surface area contributed by atoms with Gasteiger partial charge in [-0.2, -0.15) is 0 Å². The number of hydrogen-bond donors (Lipinski definition) is 1. The van der Waals surface area contributed by atoms with Gasteiger partial charge >= 0.3 is 0 Å². The fourth-order valence-corrected chi connectivity index (χ4v) is 3.69. The average molecular weight is 225 g/mol. The van der Waals surface area contributed by atoms with Crippen molar-refractivity contribution in [1.29, 1.82) is 0 Å². The van der Waals surface area contributed by atoms with Gasteiger partial charge in [-0.3, -0.25) is 4.90 Å². The number of aliphatic hydroxyl groups is 1. The van der Waals surface area contributed by atoms with E-state index in [1.807, 2.05) is 0 Å². The second-order valence-corrected chi connectivity index (χ2v) is 5.79. The van der Waals surface area contributed by atoms with Gasteiger partial charge in [-0.25, -0.2) is 0 Å². The van der Waals surface area contributed by atoms with Gasteiger partial charge in [0, 0.05) is 12.6 Å². The molecule has 0 aromatic rings. The van der Waals surface area contributed by atoms with Gasteiger partial charge in [-0.05, 0) is 38.1 Å². The van der Waals surface area contributed by atoms with Gasteiger partial charge in [-0.15, -0.1) is 0 Å². The molecule has 1 N–H and O–H groups in total. The molecule has 0 bridgehead atoms. The van der Waals surface area contributed by atoms with Crippen LogP contribution in [0.2, 0.25) is 0 Å². The lowest BCUT2D eigenvalue weighted by Crippen LogP contribution is -2.47. The van der Waals surface area contributed by atoms with Gasteiger partial charge in [0.2, 0.25) is 0 Å². The Hall–Kier alpha value is -0.0800. The molecule has 2 aliphatic rings. The van der Waals surface area contributed by atoms with Crippen LogP contribution in [0, 0.1) is 5.92 Å². The lowest BCUT2D eigenvalue weighted by Gasteiger charge is -2.39. The Labute approximate surface area is 100 Å². The number of piperidine rings is 1. The SMILES string of the molecule is CCC(CC)CC1(O)CCN2CCCCC21. The maximum Gasteiger partial charge on any atom is 0.0817 e. The molecule has 2 aliphatic heterocycles. The van der Waals surface area contributed by atoms with Crippen molar-refractivity contribution in [2.75, 3.05) is 13.1 Å². The Morgan fingerprint density at radius 3 is 2.69 bits per heavy atom. The van der Waals surface area contributed by atoms with E-state index in [0.29, 0.717) is 12.0 Å². The summed E-state index contributed by atoms with van der Waals surface area (Å²) in [6.45, 7) is 6.85. The molecule has 2 atom stereocenters. The average Bonchev–Trinajstić information content (AvgIpc) is 2.65. The Balaban J connectivity index is 2.00. The molecule has 0 spiro atoms. The van der Waals surface area contributed by atoms with Crippen molar-refractivity contribution < 1.29 is 5.11 Å². The van der Waals surface area contributed by atoms with Gasteiger partial charge in [0.15, 0.2) is 0 Å². The van der Waals surface area contributed by atoms with E-state index in [9.17, 15) is 5.11 Å². The first-order chi connectivity index (χ1) is 7.69. The van der Waals surface area contributed by atoms with Crippen LogP contribution in [0.4, 0.5) is 0 Å². The third-order valence-electron chi connectivity index (χ3n) is 4.86. The fraction of sp³-hybridized carbons (Fsp3) is 1.00. The lowest BCUT2D eigenvalue weighted by atomic mass is 9.80. The van der Waals surface area contributed by atoms with E-state index in [1.165, 1.54) is 38.6 Å². The summed E-state index contributed by atoms with van der Waals surface area (Å²) in [7, 11) is 0. The minimum atomic E-state index is -0.364. The maximum atomic E-state index is 10.9. The lowest BCUT2D eigenvalue weighted by molar-refractivity contribution is -0.0287. The van der Waals surface area contributed by atoms with E-state index in [4.69, 9.17) is 0 Å². The summed E-state index contributed by atoms with van der Waals surface area (Å²) in [6, 6.07) is 0.474. The highest BCUT2D eigenvalue weighted by molar-refractivity contribution is 5.01. The zero-order chi connectivity index (χ0) is 11.6. The highest BCUT2D eigenvalue weighted by Crippen LogP contribution is 2.39. The summed E-state index contributed by atoms with van der Waals surface area (Å²) in [4.78, 5) is 2.53. The summed E-state index contributed by atoms with van der Waals surface area (Å²) in [5, 5.41) is 10.9. The van der Waals surface area contributed by atoms with Crippen LogP contribution in [0.25, 0.3) is 0 Å². The molecule has 2 rings (SSSR count). The van der Waals surface area contributed by atoms with Crippen molar-refractivity contribution in [2.45, 2.75) is 70.4 Å². The highest BCUT2D eigenvalue weighted by atomic mass is 16.3. The van der Waals surface area contributed by atoms with Crippen LogP contribution >= 0.6 is 0 Å². The van der Waals surface area contributed by atoms with E-state index in [1.54, 1.807) is 0 Å². The quantitative estimate of drug-likeness (QED) is 0.795. The first-order valence-electron chi connectivity index (χ1n) is 7.16. The Bertz CT molecular complexity index is 227. The van der Waals surface area contributed by atoms with Gasteiger partial charge in [0.05, 0.1) is 5.60 Å². The number of nitrogens with zero attached hydrogens (tertiary/aromatic N) is 1. The van der Waals surface area contributed by atoms with Crippen molar-refractivity contribution in [3.05, 3.63) is 0 Å². The van der Waals surface area contributed by atoms with Crippen LogP contribution in [0.5, 0.6) is 0 Å². The van der Waals surface area contributed by atoms with Gasteiger partial charge < -0.3 is 5.11 Å². The molecule has 0 amide bonds. The molecule has 2 heteroatoms. The Kier molecular flexibility index (Phi) is 3.91. The molecule has 0 aliphatic carbocycles.